The van der Waals surface area contributed by atoms with Crippen LogP contribution in [-0.4, -0.2) is 10.8 Å². The number of thiophene rings is 1. The third kappa shape index (κ3) is 3.04. The molecule has 1 heterocycles. The van der Waals surface area contributed by atoms with Crippen LogP contribution in [0.5, 0.6) is 0 Å². The van der Waals surface area contributed by atoms with Crippen LogP contribution in [0.15, 0.2) is 29.0 Å². The maximum Gasteiger partial charge on any atom is 0.290 e. The summed E-state index contributed by atoms with van der Waals surface area (Å²) in [7, 11) is 0. The van der Waals surface area contributed by atoms with Crippen molar-refractivity contribution in [1.29, 1.82) is 0 Å². The molecular weight excluding hydrogens is 311 g/mol. The number of rotatable bonds is 3. The molecule has 0 fully saturated rings. The highest BCUT2D eigenvalue weighted by Gasteiger charge is 2.20. The van der Waals surface area contributed by atoms with E-state index in [-0.39, 0.29) is 15.6 Å². The van der Waals surface area contributed by atoms with E-state index in [1.54, 1.807) is 16.8 Å². The van der Waals surface area contributed by atoms with Gasteiger partial charge in [-0.15, -0.1) is 0 Å². The van der Waals surface area contributed by atoms with E-state index in [1.807, 2.05) is 0 Å². The molecule has 0 saturated heterocycles. The van der Waals surface area contributed by atoms with Crippen molar-refractivity contribution < 1.29 is 9.72 Å². The highest BCUT2D eigenvalue weighted by atomic mass is 35.5. The Morgan fingerprint density at radius 1 is 1.37 bits per heavy atom. The van der Waals surface area contributed by atoms with Gasteiger partial charge >= 0.3 is 0 Å². The Hall–Kier alpha value is -1.63. The summed E-state index contributed by atoms with van der Waals surface area (Å²) in [5, 5.41) is 16.7. The molecule has 0 unspecified atom stereocenters. The minimum atomic E-state index is -0.685. The van der Waals surface area contributed by atoms with Gasteiger partial charge in [0.1, 0.15) is 5.02 Å². The van der Waals surface area contributed by atoms with Gasteiger partial charge in [-0.25, -0.2) is 0 Å². The molecule has 0 spiro atoms. The van der Waals surface area contributed by atoms with Gasteiger partial charge < -0.3 is 5.32 Å². The van der Waals surface area contributed by atoms with E-state index in [0.717, 1.165) is 6.07 Å². The number of carbonyl (C=O) groups is 1. The number of nitrogens with one attached hydrogen (secondary N) is 1. The van der Waals surface area contributed by atoms with E-state index in [9.17, 15) is 14.9 Å². The van der Waals surface area contributed by atoms with E-state index < -0.39 is 16.5 Å². The van der Waals surface area contributed by atoms with Gasteiger partial charge in [-0.2, -0.15) is 11.3 Å². The van der Waals surface area contributed by atoms with Gasteiger partial charge in [0, 0.05) is 17.0 Å². The van der Waals surface area contributed by atoms with Gasteiger partial charge in [-0.05, 0) is 17.5 Å². The number of anilines is 1. The van der Waals surface area contributed by atoms with Crippen LogP contribution in [0, 0.1) is 10.1 Å². The number of hydrogen-bond acceptors (Lipinski definition) is 4. The number of amides is 1. The molecule has 2 rings (SSSR count). The van der Waals surface area contributed by atoms with Crippen molar-refractivity contribution in [3.05, 3.63) is 54.7 Å². The fourth-order valence-electron chi connectivity index (χ4n) is 1.38. The topological polar surface area (TPSA) is 72.2 Å². The van der Waals surface area contributed by atoms with Gasteiger partial charge in [0.25, 0.3) is 11.6 Å². The molecule has 0 radical (unpaired) electrons. The van der Waals surface area contributed by atoms with E-state index in [2.05, 4.69) is 5.32 Å². The minimum Gasteiger partial charge on any atom is -0.321 e. The molecular formula is C11H6Cl2N2O3S. The molecule has 1 N–H and O–H groups in total. The molecule has 8 heteroatoms. The van der Waals surface area contributed by atoms with Gasteiger partial charge in [-0.1, -0.05) is 23.2 Å². The first-order valence-electron chi connectivity index (χ1n) is 4.96. The average molecular weight is 317 g/mol. The maximum absolute atomic E-state index is 11.9. The Morgan fingerprint density at radius 2 is 2.11 bits per heavy atom. The second-order valence-electron chi connectivity index (χ2n) is 3.51. The molecule has 1 aromatic heterocycles. The maximum atomic E-state index is 11.9. The molecule has 0 atom stereocenters. The Bertz CT molecular complexity index is 644. The summed E-state index contributed by atoms with van der Waals surface area (Å²) in [5.41, 5.74) is 0.292. The molecule has 5 nitrogen and oxygen atoms in total. The molecule has 98 valence electrons. The fraction of sp³-hybridized carbons (Fsp3) is 0. The summed E-state index contributed by atoms with van der Waals surface area (Å²) < 4.78 is 0. The van der Waals surface area contributed by atoms with Crippen LogP contribution in [0.4, 0.5) is 11.4 Å². The number of nitro groups is 1. The predicted octanol–water partition coefficient (Wildman–Crippen LogP) is 4.22. The quantitative estimate of drug-likeness (QED) is 0.680. The Labute approximate surface area is 121 Å². The van der Waals surface area contributed by atoms with Crippen molar-refractivity contribution in [3.8, 4) is 0 Å². The second-order valence-corrected chi connectivity index (χ2v) is 5.08. The largest absolute Gasteiger partial charge is 0.321 e. The third-order valence-corrected chi connectivity index (χ3v) is 3.72. The number of carbonyl (C=O) groups excluding carboxylic acids is 1. The average Bonchev–Trinajstić information content (AvgIpc) is 2.84. The lowest BCUT2D eigenvalue weighted by Crippen LogP contribution is -2.11. The molecule has 0 aliphatic heterocycles. The SMILES string of the molecule is O=C(Nc1ccsc1)c1cc(Cl)c(Cl)c([N+](=O)[O-])c1. The molecule has 1 amide bonds. The number of benzene rings is 1. The van der Waals surface area contributed by atoms with Gasteiger partial charge in [-0.3, -0.25) is 14.9 Å². The lowest BCUT2D eigenvalue weighted by molar-refractivity contribution is -0.384. The van der Waals surface area contributed by atoms with Crippen LogP contribution in [-0.2, 0) is 0 Å². The molecule has 0 saturated carbocycles. The number of nitrogens with zero attached hydrogens (tertiary/aromatic N) is 1. The minimum absolute atomic E-state index is 0.0358. The molecule has 0 bridgehead atoms. The van der Waals surface area contributed by atoms with Crippen LogP contribution in [0.25, 0.3) is 0 Å². The molecule has 19 heavy (non-hydrogen) atoms. The highest BCUT2D eigenvalue weighted by molar-refractivity contribution is 7.08. The standard InChI is InChI=1S/C11H6Cl2N2O3S/c12-8-3-6(4-9(10(8)13)15(17)18)11(16)14-7-1-2-19-5-7/h1-5H,(H,14,16). The van der Waals surface area contributed by atoms with Gasteiger partial charge in [0.2, 0.25) is 0 Å². The Kier molecular flexibility index (Phi) is 4.04. The summed E-state index contributed by atoms with van der Waals surface area (Å²) >= 11 is 12.9. The smallest absolute Gasteiger partial charge is 0.290 e. The zero-order valence-corrected chi connectivity index (χ0v) is 11.6. The summed E-state index contributed by atoms with van der Waals surface area (Å²) in [6, 6.07) is 4.10. The summed E-state index contributed by atoms with van der Waals surface area (Å²) in [5.74, 6) is -0.486. The van der Waals surface area contributed by atoms with Crippen molar-refractivity contribution >= 4 is 51.8 Å². The summed E-state index contributed by atoms with van der Waals surface area (Å²) in [4.78, 5) is 22.0. The molecule has 1 aromatic carbocycles. The highest BCUT2D eigenvalue weighted by Crippen LogP contribution is 2.33. The lowest BCUT2D eigenvalue weighted by atomic mass is 10.2. The summed E-state index contributed by atoms with van der Waals surface area (Å²) in [6.45, 7) is 0. The summed E-state index contributed by atoms with van der Waals surface area (Å²) in [6.07, 6.45) is 0. The Morgan fingerprint density at radius 3 is 2.68 bits per heavy atom. The van der Waals surface area contributed by atoms with Crippen LogP contribution >= 0.6 is 34.5 Å². The van der Waals surface area contributed by atoms with E-state index in [1.165, 1.54) is 17.4 Å². The first-order chi connectivity index (χ1) is 8.99. The normalized spacial score (nSPS) is 10.2. The molecule has 0 aliphatic carbocycles. The van der Waals surface area contributed by atoms with E-state index in [0.29, 0.717) is 5.69 Å². The van der Waals surface area contributed by atoms with Crippen molar-refractivity contribution in [3.63, 3.8) is 0 Å². The first kappa shape index (κ1) is 13.8. The van der Waals surface area contributed by atoms with Gasteiger partial charge in [0.05, 0.1) is 15.6 Å². The van der Waals surface area contributed by atoms with Crippen LogP contribution < -0.4 is 5.32 Å². The monoisotopic (exact) mass is 316 g/mol. The second kappa shape index (κ2) is 5.56. The van der Waals surface area contributed by atoms with E-state index in [4.69, 9.17) is 23.2 Å². The predicted molar refractivity (Wildman–Crippen MR) is 75.4 cm³/mol. The van der Waals surface area contributed by atoms with Crippen molar-refractivity contribution in [2.24, 2.45) is 0 Å². The van der Waals surface area contributed by atoms with Crippen LogP contribution in [0.2, 0.25) is 10.0 Å². The third-order valence-electron chi connectivity index (χ3n) is 2.25. The van der Waals surface area contributed by atoms with Crippen LogP contribution in [0.1, 0.15) is 10.4 Å². The number of nitro benzene ring substituents is 1. The van der Waals surface area contributed by atoms with Crippen molar-refractivity contribution in [2.45, 2.75) is 0 Å². The molecule has 0 aliphatic rings. The zero-order chi connectivity index (χ0) is 14.0. The number of halogens is 2. The van der Waals surface area contributed by atoms with Crippen molar-refractivity contribution in [1.82, 2.24) is 0 Å². The Balaban J connectivity index is 2.35. The fourth-order valence-corrected chi connectivity index (χ4v) is 2.36. The van der Waals surface area contributed by atoms with Crippen molar-refractivity contribution in [2.75, 3.05) is 5.32 Å². The van der Waals surface area contributed by atoms with Crippen LogP contribution in [0.3, 0.4) is 0 Å². The van der Waals surface area contributed by atoms with E-state index >= 15 is 0 Å². The van der Waals surface area contributed by atoms with Gasteiger partial charge in [0.15, 0.2) is 0 Å². The zero-order valence-electron chi connectivity index (χ0n) is 9.22. The molecule has 2 aromatic rings. The first-order valence-corrected chi connectivity index (χ1v) is 6.66. The lowest BCUT2D eigenvalue weighted by Gasteiger charge is -2.05. The number of hydrogen-bond donors (Lipinski definition) is 1.